The number of halogens is 1. The Morgan fingerprint density at radius 1 is 1.19 bits per heavy atom. The molecule has 1 fully saturated rings. The van der Waals surface area contributed by atoms with Crippen LogP contribution in [0.15, 0.2) is 28.7 Å². The van der Waals surface area contributed by atoms with Crippen LogP contribution in [-0.2, 0) is 0 Å². The SMILES string of the molecule is NC1CCC(CNc2ccccc2Br)CC1. The first-order valence-corrected chi connectivity index (χ1v) is 6.79. The highest BCUT2D eigenvalue weighted by atomic mass is 79.9. The lowest BCUT2D eigenvalue weighted by molar-refractivity contribution is 0.339. The smallest absolute Gasteiger partial charge is 0.0484 e. The van der Waals surface area contributed by atoms with E-state index in [1.54, 1.807) is 0 Å². The number of benzene rings is 1. The van der Waals surface area contributed by atoms with Crippen LogP contribution in [0.4, 0.5) is 5.69 Å². The molecular weight excluding hydrogens is 264 g/mol. The van der Waals surface area contributed by atoms with Gasteiger partial charge in [0.15, 0.2) is 0 Å². The Hall–Kier alpha value is -0.540. The molecule has 0 heterocycles. The minimum atomic E-state index is 0.444. The first kappa shape index (κ1) is 11.9. The third-order valence-electron chi connectivity index (χ3n) is 3.35. The summed E-state index contributed by atoms with van der Waals surface area (Å²) in [6, 6.07) is 8.72. The Labute approximate surface area is 106 Å². The molecule has 1 aromatic rings. The molecule has 0 spiro atoms. The van der Waals surface area contributed by atoms with Crippen LogP contribution >= 0.6 is 15.9 Å². The van der Waals surface area contributed by atoms with Crippen LogP contribution in [0.2, 0.25) is 0 Å². The van der Waals surface area contributed by atoms with Crippen molar-refractivity contribution in [3.8, 4) is 0 Å². The highest BCUT2D eigenvalue weighted by Gasteiger charge is 2.18. The monoisotopic (exact) mass is 282 g/mol. The fourth-order valence-electron chi connectivity index (χ4n) is 2.25. The Balaban J connectivity index is 1.81. The normalized spacial score (nSPS) is 25.4. The average Bonchev–Trinajstić information content (AvgIpc) is 2.30. The summed E-state index contributed by atoms with van der Waals surface area (Å²) in [4.78, 5) is 0. The standard InChI is InChI=1S/C13H19BrN2/c14-12-3-1-2-4-13(12)16-9-10-5-7-11(15)8-6-10/h1-4,10-11,16H,5-9,15H2. The van der Waals surface area contributed by atoms with Gasteiger partial charge < -0.3 is 11.1 Å². The summed E-state index contributed by atoms with van der Waals surface area (Å²) >= 11 is 3.55. The minimum absolute atomic E-state index is 0.444. The van der Waals surface area contributed by atoms with Crippen LogP contribution in [0.25, 0.3) is 0 Å². The van der Waals surface area contributed by atoms with Crippen molar-refractivity contribution in [2.24, 2.45) is 11.7 Å². The van der Waals surface area contributed by atoms with Crippen molar-refractivity contribution in [3.05, 3.63) is 28.7 Å². The molecule has 1 aromatic carbocycles. The second-order valence-corrected chi connectivity index (χ2v) is 5.50. The maximum Gasteiger partial charge on any atom is 0.0484 e. The number of para-hydroxylation sites is 1. The zero-order valence-electron chi connectivity index (χ0n) is 9.45. The van der Waals surface area contributed by atoms with Crippen LogP contribution in [0, 0.1) is 5.92 Å². The molecule has 2 rings (SSSR count). The van der Waals surface area contributed by atoms with E-state index in [-0.39, 0.29) is 0 Å². The zero-order chi connectivity index (χ0) is 11.4. The van der Waals surface area contributed by atoms with Gasteiger partial charge in [0.2, 0.25) is 0 Å². The second kappa shape index (κ2) is 5.69. The molecule has 88 valence electrons. The van der Waals surface area contributed by atoms with E-state index in [2.05, 4.69) is 39.4 Å². The van der Waals surface area contributed by atoms with E-state index in [9.17, 15) is 0 Å². The highest BCUT2D eigenvalue weighted by Crippen LogP contribution is 2.26. The van der Waals surface area contributed by atoms with Crippen molar-refractivity contribution in [2.75, 3.05) is 11.9 Å². The van der Waals surface area contributed by atoms with Gasteiger partial charge in [0.05, 0.1) is 0 Å². The lowest BCUT2D eigenvalue weighted by atomic mass is 9.86. The van der Waals surface area contributed by atoms with Crippen molar-refractivity contribution >= 4 is 21.6 Å². The molecule has 0 radical (unpaired) electrons. The van der Waals surface area contributed by atoms with Crippen LogP contribution in [0.5, 0.6) is 0 Å². The van der Waals surface area contributed by atoms with E-state index in [0.717, 1.165) is 16.9 Å². The number of hydrogen-bond acceptors (Lipinski definition) is 2. The highest BCUT2D eigenvalue weighted by molar-refractivity contribution is 9.10. The molecule has 16 heavy (non-hydrogen) atoms. The third-order valence-corrected chi connectivity index (χ3v) is 4.04. The first-order valence-electron chi connectivity index (χ1n) is 5.99. The Morgan fingerprint density at radius 3 is 2.56 bits per heavy atom. The summed E-state index contributed by atoms with van der Waals surface area (Å²) in [5.74, 6) is 0.784. The number of rotatable bonds is 3. The maximum atomic E-state index is 5.90. The maximum absolute atomic E-state index is 5.90. The van der Waals surface area contributed by atoms with Crippen molar-refractivity contribution in [2.45, 2.75) is 31.7 Å². The molecule has 0 saturated heterocycles. The lowest BCUT2D eigenvalue weighted by Gasteiger charge is -2.26. The number of nitrogens with one attached hydrogen (secondary N) is 1. The zero-order valence-corrected chi connectivity index (χ0v) is 11.0. The summed E-state index contributed by atoms with van der Waals surface area (Å²) in [7, 11) is 0. The van der Waals surface area contributed by atoms with Gasteiger partial charge in [0.1, 0.15) is 0 Å². The van der Waals surface area contributed by atoms with Crippen molar-refractivity contribution in [1.82, 2.24) is 0 Å². The summed E-state index contributed by atoms with van der Waals surface area (Å²) in [6.07, 6.45) is 4.89. The lowest BCUT2D eigenvalue weighted by Crippen LogP contribution is -2.29. The van der Waals surface area contributed by atoms with Crippen molar-refractivity contribution in [3.63, 3.8) is 0 Å². The van der Waals surface area contributed by atoms with E-state index in [0.29, 0.717) is 6.04 Å². The minimum Gasteiger partial charge on any atom is -0.384 e. The van der Waals surface area contributed by atoms with E-state index in [1.807, 2.05) is 6.07 Å². The Bertz CT molecular complexity index is 332. The molecule has 0 aromatic heterocycles. The summed E-state index contributed by atoms with van der Waals surface area (Å²) in [6.45, 7) is 1.06. The van der Waals surface area contributed by atoms with E-state index in [1.165, 1.54) is 31.4 Å². The predicted octanol–water partition coefficient (Wildman–Crippen LogP) is 3.38. The number of nitrogens with two attached hydrogens (primary N) is 1. The molecule has 0 aliphatic heterocycles. The quantitative estimate of drug-likeness (QED) is 0.892. The summed E-state index contributed by atoms with van der Waals surface area (Å²) in [5, 5.41) is 3.51. The largest absolute Gasteiger partial charge is 0.384 e. The summed E-state index contributed by atoms with van der Waals surface area (Å²) in [5.41, 5.74) is 7.09. The Morgan fingerprint density at radius 2 is 1.88 bits per heavy atom. The topological polar surface area (TPSA) is 38.0 Å². The van der Waals surface area contributed by atoms with Gasteiger partial charge in [-0.1, -0.05) is 12.1 Å². The fraction of sp³-hybridized carbons (Fsp3) is 0.538. The van der Waals surface area contributed by atoms with Gasteiger partial charge in [-0.3, -0.25) is 0 Å². The third kappa shape index (κ3) is 3.22. The predicted molar refractivity (Wildman–Crippen MR) is 72.6 cm³/mol. The molecular formula is C13H19BrN2. The van der Waals surface area contributed by atoms with E-state index in [4.69, 9.17) is 5.73 Å². The molecule has 0 atom stereocenters. The molecule has 1 aliphatic carbocycles. The molecule has 3 heteroatoms. The number of hydrogen-bond donors (Lipinski definition) is 2. The molecule has 0 unspecified atom stereocenters. The molecule has 1 saturated carbocycles. The molecule has 3 N–H and O–H groups in total. The van der Waals surface area contributed by atoms with Crippen molar-refractivity contribution < 1.29 is 0 Å². The van der Waals surface area contributed by atoms with Crippen LogP contribution in [-0.4, -0.2) is 12.6 Å². The van der Waals surface area contributed by atoms with E-state index < -0.39 is 0 Å². The van der Waals surface area contributed by atoms with Gasteiger partial charge in [-0.25, -0.2) is 0 Å². The average molecular weight is 283 g/mol. The van der Waals surface area contributed by atoms with Gasteiger partial charge in [-0.2, -0.15) is 0 Å². The molecule has 0 amide bonds. The van der Waals surface area contributed by atoms with Crippen molar-refractivity contribution in [1.29, 1.82) is 0 Å². The van der Waals surface area contributed by atoms with Gasteiger partial charge in [0.25, 0.3) is 0 Å². The molecule has 0 bridgehead atoms. The number of anilines is 1. The van der Waals surface area contributed by atoms with Gasteiger partial charge in [-0.15, -0.1) is 0 Å². The van der Waals surface area contributed by atoms with Gasteiger partial charge in [0, 0.05) is 22.7 Å². The summed E-state index contributed by atoms with van der Waals surface area (Å²) < 4.78 is 1.14. The van der Waals surface area contributed by atoms with Gasteiger partial charge >= 0.3 is 0 Å². The fourth-order valence-corrected chi connectivity index (χ4v) is 2.68. The van der Waals surface area contributed by atoms with Crippen LogP contribution in [0.1, 0.15) is 25.7 Å². The Kier molecular flexibility index (Phi) is 4.24. The first-order chi connectivity index (χ1) is 7.75. The molecule has 1 aliphatic rings. The molecule has 2 nitrogen and oxygen atoms in total. The van der Waals surface area contributed by atoms with Crippen LogP contribution in [0.3, 0.4) is 0 Å². The van der Waals surface area contributed by atoms with Gasteiger partial charge in [-0.05, 0) is 59.7 Å². The second-order valence-electron chi connectivity index (χ2n) is 4.64. The van der Waals surface area contributed by atoms with Crippen LogP contribution < -0.4 is 11.1 Å². The van der Waals surface area contributed by atoms with E-state index >= 15 is 0 Å².